The van der Waals surface area contributed by atoms with Crippen LogP contribution in [-0.4, -0.2) is 64.9 Å². The van der Waals surface area contributed by atoms with E-state index in [1.165, 1.54) is 29.5 Å². The summed E-state index contributed by atoms with van der Waals surface area (Å²) in [4.78, 5) is 27.8. The number of halogens is 2. The molecule has 9 nitrogen and oxygen atoms in total. The molecule has 1 spiro atoms. The highest BCUT2D eigenvalue weighted by atomic mass is 32.1. The third-order valence-electron chi connectivity index (χ3n) is 8.69. The number of nitrogens with zero attached hydrogens (tertiary/aromatic N) is 6. The average Bonchev–Trinajstić information content (AvgIpc) is 3.53. The summed E-state index contributed by atoms with van der Waals surface area (Å²) >= 11 is 1.19. The molecule has 1 N–H and O–H groups in total. The molecule has 2 aliphatic heterocycles. The fraction of sp³-hybridized carbons (Fsp3) is 0.394. The summed E-state index contributed by atoms with van der Waals surface area (Å²) in [5.74, 6) is -0.876. The second-order valence-electron chi connectivity index (χ2n) is 13.2. The van der Waals surface area contributed by atoms with Gasteiger partial charge < -0.3 is 24.5 Å². The highest BCUT2D eigenvalue weighted by Crippen LogP contribution is 2.47. The van der Waals surface area contributed by atoms with Gasteiger partial charge in [0.2, 0.25) is 0 Å². The second kappa shape index (κ2) is 10.4. The van der Waals surface area contributed by atoms with Crippen LogP contribution in [0.3, 0.4) is 0 Å². The van der Waals surface area contributed by atoms with E-state index in [-0.39, 0.29) is 22.8 Å². The molecule has 1 unspecified atom stereocenters. The quantitative estimate of drug-likeness (QED) is 0.280. The van der Waals surface area contributed by atoms with Gasteiger partial charge >= 0.3 is 6.09 Å². The number of aromatic nitrogens is 2. The maximum atomic E-state index is 15.9. The first-order valence-corrected chi connectivity index (χ1v) is 15.6. The molecule has 232 valence electrons. The molecule has 1 amide bonds. The Labute approximate surface area is 263 Å². The number of hydrogen-bond donors (Lipinski definition) is 1. The minimum atomic E-state index is -0.807. The van der Waals surface area contributed by atoms with E-state index >= 15 is 4.39 Å². The Morgan fingerprint density at radius 2 is 1.87 bits per heavy atom. The van der Waals surface area contributed by atoms with E-state index in [0.29, 0.717) is 82.7 Å². The molecule has 3 aliphatic rings. The number of likely N-dealkylation sites (tertiary alicyclic amines) is 1. The lowest BCUT2D eigenvalue weighted by Crippen LogP contribution is -2.73. The Morgan fingerprint density at radius 1 is 1.16 bits per heavy atom. The molecule has 1 atom stereocenters. The first kappa shape index (κ1) is 29.4. The van der Waals surface area contributed by atoms with Gasteiger partial charge in [-0.2, -0.15) is 5.26 Å². The number of carbonyl (C=O) groups is 1. The van der Waals surface area contributed by atoms with Crippen molar-refractivity contribution >= 4 is 44.8 Å². The summed E-state index contributed by atoms with van der Waals surface area (Å²) < 4.78 is 34.9. The Balaban J connectivity index is 1.23. The van der Waals surface area contributed by atoms with Crippen LogP contribution in [0.5, 0.6) is 0 Å². The number of hydrogen-bond acceptors (Lipinski definition) is 9. The van der Waals surface area contributed by atoms with Gasteiger partial charge in [-0.15, -0.1) is 0 Å². The van der Waals surface area contributed by atoms with Gasteiger partial charge in [-0.25, -0.2) is 23.5 Å². The summed E-state index contributed by atoms with van der Waals surface area (Å²) in [5.41, 5.74) is 3.28. The standard InChI is InChI=1S/C33H32F2N6O3S/c1-32(2,3)44-31(43)41-16-33(17-41)14-40(15-33)20-11-22-27(23(35)12-20)37-28-21(9-10-24(28)42)29(22)39(4)30-38-26(25(13-36)45-30)18-5-7-19(34)8-6-18/h5-8,11-12,24,42H,9-10,14-17H2,1-4H3. The van der Waals surface area contributed by atoms with E-state index in [1.807, 2.05) is 38.8 Å². The molecular weight excluding hydrogens is 598 g/mol. The van der Waals surface area contributed by atoms with Crippen LogP contribution in [0, 0.1) is 28.4 Å². The number of nitriles is 1. The fourth-order valence-electron chi connectivity index (χ4n) is 6.65. The summed E-state index contributed by atoms with van der Waals surface area (Å²) in [6, 6.07) is 11.4. The van der Waals surface area contributed by atoms with E-state index < -0.39 is 17.5 Å². The van der Waals surface area contributed by atoms with E-state index in [9.17, 15) is 19.6 Å². The van der Waals surface area contributed by atoms with Crippen LogP contribution in [0.1, 0.15) is 49.4 Å². The van der Waals surface area contributed by atoms with Crippen LogP contribution < -0.4 is 9.80 Å². The third-order valence-corrected chi connectivity index (χ3v) is 9.73. The van der Waals surface area contributed by atoms with E-state index in [0.717, 1.165) is 5.56 Å². The van der Waals surface area contributed by atoms with Gasteiger partial charge in [0.05, 0.1) is 17.5 Å². The molecule has 2 aromatic carbocycles. The first-order chi connectivity index (χ1) is 21.3. The van der Waals surface area contributed by atoms with Gasteiger partial charge in [0.25, 0.3) is 0 Å². The minimum Gasteiger partial charge on any atom is -0.444 e. The Hall–Kier alpha value is -4.34. The maximum Gasteiger partial charge on any atom is 0.410 e. The van der Waals surface area contributed by atoms with Gasteiger partial charge in [-0.1, -0.05) is 11.3 Å². The Morgan fingerprint density at radius 3 is 2.53 bits per heavy atom. The lowest BCUT2D eigenvalue weighted by Gasteiger charge is -2.60. The van der Waals surface area contributed by atoms with Crippen molar-refractivity contribution < 1.29 is 23.4 Å². The SMILES string of the molecule is CN(c1nc(-c2ccc(F)cc2)c(C#N)s1)c1c2c(nc3c(F)cc(N4CC5(CN(C(=O)OC(C)(C)C)C5)C4)cc13)C(O)CC2. The Kier molecular flexibility index (Phi) is 6.76. The van der Waals surface area contributed by atoms with Crippen LogP contribution >= 0.6 is 11.3 Å². The monoisotopic (exact) mass is 630 g/mol. The van der Waals surface area contributed by atoms with Crippen LogP contribution in [0.2, 0.25) is 0 Å². The maximum absolute atomic E-state index is 15.9. The largest absolute Gasteiger partial charge is 0.444 e. The topological polar surface area (TPSA) is 106 Å². The van der Waals surface area contributed by atoms with Crippen LogP contribution in [0.15, 0.2) is 36.4 Å². The number of pyridine rings is 1. The summed E-state index contributed by atoms with van der Waals surface area (Å²) in [5, 5.41) is 21.7. The number of aliphatic hydroxyl groups is 1. The number of anilines is 3. The van der Waals surface area contributed by atoms with E-state index in [4.69, 9.17) is 9.72 Å². The molecule has 7 rings (SSSR count). The van der Waals surface area contributed by atoms with Crippen LogP contribution in [0.4, 0.5) is 30.1 Å². The van der Waals surface area contributed by atoms with Crippen LogP contribution in [-0.2, 0) is 11.2 Å². The summed E-state index contributed by atoms with van der Waals surface area (Å²) in [7, 11) is 1.82. The molecule has 0 bridgehead atoms. The molecule has 2 fully saturated rings. The number of thiazole rings is 1. The highest BCUT2D eigenvalue weighted by Gasteiger charge is 2.54. The molecule has 12 heteroatoms. The predicted molar refractivity (Wildman–Crippen MR) is 168 cm³/mol. The number of rotatable bonds is 4. The molecule has 45 heavy (non-hydrogen) atoms. The van der Waals surface area contributed by atoms with Gasteiger partial charge in [-0.3, -0.25) is 0 Å². The smallest absolute Gasteiger partial charge is 0.410 e. The predicted octanol–water partition coefficient (Wildman–Crippen LogP) is 6.31. The van der Waals surface area contributed by atoms with Crippen LogP contribution in [0.25, 0.3) is 22.2 Å². The zero-order chi connectivity index (χ0) is 31.8. The van der Waals surface area contributed by atoms with Gasteiger partial charge in [0, 0.05) is 60.8 Å². The molecule has 0 radical (unpaired) electrons. The normalized spacial score (nSPS) is 18.4. The minimum absolute atomic E-state index is 0.0480. The molecule has 2 saturated heterocycles. The Bertz CT molecular complexity index is 1880. The molecule has 2 aromatic heterocycles. The molecule has 0 saturated carbocycles. The van der Waals surface area contributed by atoms with E-state index in [1.54, 1.807) is 17.0 Å². The number of aliphatic hydroxyl groups excluding tert-OH is 1. The van der Waals surface area contributed by atoms with Crippen molar-refractivity contribution in [2.75, 3.05) is 43.0 Å². The zero-order valence-electron chi connectivity index (χ0n) is 25.4. The van der Waals surface area contributed by atoms with Crippen molar-refractivity contribution in [3.05, 3.63) is 64.2 Å². The van der Waals surface area contributed by atoms with Crippen molar-refractivity contribution in [3.63, 3.8) is 0 Å². The molecule has 4 heterocycles. The van der Waals surface area contributed by atoms with Crippen molar-refractivity contribution in [1.82, 2.24) is 14.9 Å². The number of ether oxygens (including phenoxy) is 1. The average molecular weight is 631 g/mol. The lowest BCUT2D eigenvalue weighted by molar-refractivity contribution is -0.0453. The van der Waals surface area contributed by atoms with Gasteiger partial charge in [0.1, 0.15) is 33.6 Å². The third kappa shape index (κ3) is 5.04. The molecule has 4 aromatic rings. The number of carbonyl (C=O) groups excluding carboxylic acids is 1. The molecular formula is C33H32F2N6O3S. The summed E-state index contributed by atoms with van der Waals surface area (Å²) in [6.45, 7) is 8.08. The fourth-order valence-corrected chi connectivity index (χ4v) is 7.50. The van der Waals surface area contributed by atoms with E-state index in [2.05, 4.69) is 16.0 Å². The van der Waals surface area contributed by atoms with Crippen molar-refractivity contribution in [3.8, 4) is 17.3 Å². The molecule has 1 aliphatic carbocycles. The van der Waals surface area contributed by atoms with Gasteiger partial charge in [-0.05, 0) is 70.0 Å². The highest BCUT2D eigenvalue weighted by molar-refractivity contribution is 7.16. The number of benzene rings is 2. The van der Waals surface area contributed by atoms with Crippen molar-refractivity contribution in [2.24, 2.45) is 5.41 Å². The van der Waals surface area contributed by atoms with Crippen molar-refractivity contribution in [1.29, 1.82) is 5.26 Å². The first-order valence-electron chi connectivity index (χ1n) is 14.8. The zero-order valence-corrected chi connectivity index (χ0v) is 26.2. The lowest BCUT2D eigenvalue weighted by atomic mass is 9.73. The summed E-state index contributed by atoms with van der Waals surface area (Å²) in [6.07, 6.45) is -0.0982. The van der Waals surface area contributed by atoms with Crippen molar-refractivity contribution in [2.45, 2.75) is 45.3 Å². The number of fused-ring (bicyclic) bond motifs is 2. The number of amides is 1. The second-order valence-corrected chi connectivity index (χ2v) is 14.2. The van der Waals surface area contributed by atoms with Gasteiger partial charge in [0.15, 0.2) is 10.9 Å².